The molecule has 8 aliphatic rings. The third-order valence-corrected chi connectivity index (χ3v) is 12.7. The SMILES string of the molecule is O=P(O)(O)Oc1cccc(C(OCCOC(=C2C3CC4CC(C3)CC2C4)c2cccc(OP(=O)(O)O)c2)=C2C3CC4CC(C3)CC2C4)c1. The molecular weight excluding hydrogens is 654 g/mol. The molecule has 8 saturated carbocycles. The van der Waals surface area contributed by atoms with Gasteiger partial charge in [-0.25, -0.2) is 9.13 Å². The highest BCUT2D eigenvalue weighted by molar-refractivity contribution is 7.47. The third-order valence-electron chi connectivity index (χ3n) is 11.8. The molecule has 0 spiro atoms. The van der Waals surface area contributed by atoms with E-state index in [0.717, 1.165) is 97.7 Å². The molecule has 0 unspecified atom stereocenters. The zero-order valence-corrected chi connectivity index (χ0v) is 28.6. The van der Waals surface area contributed by atoms with Crippen LogP contribution in [0.2, 0.25) is 0 Å². The second kappa shape index (κ2) is 12.6. The van der Waals surface area contributed by atoms with Gasteiger partial charge in [0.15, 0.2) is 0 Å². The van der Waals surface area contributed by atoms with E-state index in [1.54, 1.807) is 36.4 Å². The van der Waals surface area contributed by atoms with E-state index in [4.69, 9.17) is 18.5 Å². The quantitative estimate of drug-likeness (QED) is 0.104. The molecule has 8 aliphatic carbocycles. The van der Waals surface area contributed by atoms with Gasteiger partial charge in [-0.2, -0.15) is 0 Å². The number of hydrogen-bond donors (Lipinski definition) is 4. The van der Waals surface area contributed by atoms with Gasteiger partial charge in [-0.3, -0.25) is 19.6 Å². The standard InChI is InChI=1S/C36H44O10P2/c37-47(38,39)45-31-5-1-3-25(19-31)35(33-27-11-21-9-22(13-27)14-28(33)12-21)43-7-8-44-36(26-4-2-6-32(20-26)46-48(40,41)42)34-29-15-23-10-24(17-29)18-30(34)16-23/h1-6,19-24,27-30H,7-18H2,(H2,37,38,39)(H2,40,41,42). The van der Waals surface area contributed by atoms with Crippen LogP contribution in [0.3, 0.4) is 0 Å². The fraction of sp³-hybridized carbons (Fsp3) is 0.556. The van der Waals surface area contributed by atoms with Crippen LogP contribution in [-0.2, 0) is 18.6 Å². The Morgan fingerprint density at radius 3 is 1.19 bits per heavy atom. The van der Waals surface area contributed by atoms with Crippen LogP contribution in [0.5, 0.6) is 11.5 Å². The number of rotatable bonds is 11. The Balaban J connectivity index is 1.08. The Kier molecular flexibility index (Phi) is 8.58. The van der Waals surface area contributed by atoms with Crippen molar-refractivity contribution < 1.29 is 47.2 Å². The van der Waals surface area contributed by atoms with Crippen molar-refractivity contribution in [3.63, 3.8) is 0 Å². The molecule has 0 aromatic heterocycles. The maximum atomic E-state index is 11.6. The largest absolute Gasteiger partial charge is 0.524 e. The Bertz CT molecular complexity index is 1530. The minimum atomic E-state index is -4.73. The Labute approximate surface area is 281 Å². The van der Waals surface area contributed by atoms with Crippen LogP contribution in [0, 0.1) is 47.3 Å². The Hall–Kier alpha value is -2.58. The molecule has 2 aromatic carbocycles. The normalized spacial score (nSPS) is 31.6. The van der Waals surface area contributed by atoms with Crippen molar-refractivity contribution in [1.82, 2.24) is 0 Å². The number of benzene rings is 2. The summed E-state index contributed by atoms with van der Waals surface area (Å²) >= 11 is 0. The fourth-order valence-electron chi connectivity index (χ4n) is 10.7. The second-order valence-corrected chi connectivity index (χ2v) is 17.4. The molecule has 0 atom stereocenters. The lowest BCUT2D eigenvalue weighted by Gasteiger charge is -2.52. The summed E-state index contributed by atoms with van der Waals surface area (Å²) in [7, 11) is -9.46. The molecule has 8 bridgehead atoms. The molecule has 0 aliphatic heterocycles. The lowest BCUT2D eigenvalue weighted by atomic mass is 9.54. The minimum absolute atomic E-state index is 0.0916. The molecule has 4 N–H and O–H groups in total. The van der Waals surface area contributed by atoms with E-state index in [0.29, 0.717) is 23.7 Å². The average molecular weight is 699 g/mol. The molecule has 2 aromatic rings. The second-order valence-electron chi connectivity index (χ2n) is 15.1. The first-order valence-corrected chi connectivity index (χ1v) is 20.4. The van der Waals surface area contributed by atoms with Gasteiger partial charge in [0.05, 0.1) is 0 Å². The summed E-state index contributed by atoms with van der Waals surface area (Å²) in [5.41, 5.74) is 4.12. The summed E-state index contributed by atoms with van der Waals surface area (Å²) in [6.45, 7) is 0.509. The van der Waals surface area contributed by atoms with Crippen molar-refractivity contribution in [2.75, 3.05) is 13.2 Å². The van der Waals surface area contributed by atoms with Crippen LogP contribution in [-0.4, -0.2) is 32.8 Å². The Morgan fingerprint density at radius 2 is 0.875 bits per heavy atom. The van der Waals surface area contributed by atoms with Gasteiger partial charge in [-0.05, 0) is 147 Å². The highest BCUT2D eigenvalue weighted by Gasteiger charge is 2.48. The van der Waals surface area contributed by atoms with E-state index in [1.807, 2.05) is 12.1 Å². The lowest BCUT2D eigenvalue weighted by Crippen LogP contribution is -2.41. The van der Waals surface area contributed by atoms with Gasteiger partial charge in [0.2, 0.25) is 0 Å². The van der Waals surface area contributed by atoms with Crippen LogP contribution < -0.4 is 9.05 Å². The summed E-state index contributed by atoms with van der Waals surface area (Å²) in [6, 6.07) is 13.7. The van der Waals surface area contributed by atoms with Crippen molar-refractivity contribution in [2.24, 2.45) is 47.3 Å². The van der Waals surface area contributed by atoms with Gasteiger partial charge in [0.1, 0.15) is 36.2 Å². The van der Waals surface area contributed by atoms with Gasteiger partial charge >= 0.3 is 15.6 Å². The summed E-state index contributed by atoms with van der Waals surface area (Å²) < 4.78 is 46.6. The maximum absolute atomic E-state index is 11.6. The molecule has 0 saturated heterocycles. The van der Waals surface area contributed by atoms with E-state index in [-0.39, 0.29) is 24.7 Å². The molecule has 10 nitrogen and oxygen atoms in total. The highest BCUT2D eigenvalue weighted by Crippen LogP contribution is 2.59. The summed E-state index contributed by atoms with van der Waals surface area (Å²) in [4.78, 5) is 37.9. The van der Waals surface area contributed by atoms with Crippen LogP contribution >= 0.6 is 15.6 Å². The fourth-order valence-corrected chi connectivity index (χ4v) is 11.5. The number of phosphoric acid groups is 2. The van der Waals surface area contributed by atoms with Crippen molar-refractivity contribution in [1.29, 1.82) is 0 Å². The molecule has 10 rings (SSSR count). The third kappa shape index (κ3) is 6.90. The van der Waals surface area contributed by atoms with Crippen molar-refractivity contribution in [3.05, 3.63) is 70.8 Å². The van der Waals surface area contributed by atoms with E-state index in [2.05, 4.69) is 0 Å². The molecular formula is C36H44O10P2. The predicted octanol–water partition coefficient (Wildman–Crippen LogP) is 7.70. The highest BCUT2D eigenvalue weighted by atomic mass is 31.2. The topological polar surface area (TPSA) is 152 Å². The van der Waals surface area contributed by atoms with E-state index >= 15 is 0 Å². The number of hydrogen-bond acceptors (Lipinski definition) is 6. The molecule has 12 heteroatoms. The van der Waals surface area contributed by atoms with E-state index < -0.39 is 15.6 Å². The van der Waals surface area contributed by atoms with Gasteiger partial charge in [-0.1, -0.05) is 24.3 Å². The van der Waals surface area contributed by atoms with Crippen LogP contribution in [0.4, 0.5) is 0 Å². The van der Waals surface area contributed by atoms with Crippen LogP contribution in [0.25, 0.3) is 11.5 Å². The smallest absolute Gasteiger partial charge is 0.489 e. The zero-order valence-electron chi connectivity index (χ0n) is 26.9. The molecule has 258 valence electrons. The Morgan fingerprint density at radius 1 is 0.542 bits per heavy atom. The first kappa shape index (κ1) is 32.6. The van der Waals surface area contributed by atoms with Gasteiger partial charge in [0.25, 0.3) is 0 Å². The van der Waals surface area contributed by atoms with E-state index in [9.17, 15) is 28.7 Å². The van der Waals surface area contributed by atoms with Crippen molar-refractivity contribution in [2.45, 2.75) is 64.2 Å². The number of ether oxygens (including phenoxy) is 2. The lowest BCUT2D eigenvalue weighted by molar-refractivity contribution is 0.0629. The van der Waals surface area contributed by atoms with Gasteiger partial charge in [-0.15, -0.1) is 0 Å². The average Bonchev–Trinajstić information content (AvgIpc) is 2.98. The summed E-state index contributed by atoms with van der Waals surface area (Å²) in [5, 5.41) is 0. The molecule has 8 fully saturated rings. The minimum Gasteiger partial charge on any atom is -0.489 e. The molecule has 0 radical (unpaired) electrons. The summed E-state index contributed by atoms with van der Waals surface area (Å²) in [5.74, 6) is 6.48. The molecule has 0 amide bonds. The van der Waals surface area contributed by atoms with E-state index in [1.165, 1.54) is 24.0 Å². The molecule has 0 heterocycles. The number of phosphoric ester groups is 2. The van der Waals surface area contributed by atoms with Crippen LogP contribution in [0.1, 0.15) is 75.3 Å². The summed E-state index contributed by atoms with van der Waals surface area (Å²) in [6.07, 6.45) is 11.8. The predicted molar refractivity (Wildman–Crippen MR) is 178 cm³/mol. The molecule has 48 heavy (non-hydrogen) atoms. The monoisotopic (exact) mass is 698 g/mol. The number of allylic oxidation sites excluding steroid dienone is 2. The first-order valence-electron chi connectivity index (χ1n) is 17.4. The van der Waals surface area contributed by atoms with Gasteiger partial charge < -0.3 is 18.5 Å². The van der Waals surface area contributed by atoms with Crippen molar-refractivity contribution in [3.8, 4) is 11.5 Å². The first-order chi connectivity index (χ1) is 22.9. The maximum Gasteiger partial charge on any atom is 0.524 e. The van der Waals surface area contributed by atoms with Gasteiger partial charge in [0, 0.05) is 11.1 Å². The zero-order chi connectivity index (χ0) is 33.2. The van der Waals surface area contributed by atoms with Crippen molar-refractivity contribution >= 4 is 27.2 Å². The van der Waals surface area contributed by atoms with Crippen LogP contribution in [0.15, 0.2) is 59.7 Å².